The number of hydrogen-bond donors (Lipinski definition) is 2. The quantitative estimate of drug-likeness (QED) is 0.389. The van der Waals surface area contributed by atoms with Crippen LogP contribution < -0.4 is 5.32 Å². The van der Waals surface area contributed by atoms with Crippen molar-refractivity contribution in [3.05, 3.63) is 70.9 Å². The summed E-state index contributed by atoms with van der Waals surface area (Å²) in [6.07, 6.45) is -8.09. The van der Waals surface area contributed by atoms with Gasteiger partial charge in [0.15, 0.2) is 0 Å². The van der Waals surface area contributed by atoms with E-state index in [0.29, 0.717) is 25.2 Å². The number of carbonyl (C=O) groups excluding carboxylic acids is 2. The van der Waals surface area contributed by atoms with Crippen molar-refractivity contribution in [3.8, 4) is 0 Å². The molecule has 1 fully saturated rings. The highest BCUT2D eigenvalue weighted by Crippen LogP contribution is 2.37. The monoisotopic (exact) mass is 583 g/mol. The molecule has 4 rings (SSSR count). The first-order valence-corrected chi connectivity index (χ1v) is 13.0. The summed E-state index contributed by atoms with van der Waals surface area (Å²) in [6, 6.07) is 7.76. The van der Waals surface area contributed by atoms with Crippen LogP contribution in [0.15, 0.2) is 48.7 Å². The van der Waals surface area contributed by atoms with Crippen LogP contribution in [0.2, 0.25) is 0 Å². The summed E-state index contributed by atoms with van der Waals surface area (Å²) in [5.41, 5.74) is -2.10. The second-order valence-corrected chi connectivity index (χ2v) is 10.4. The van der Waals surface area contributed by atoms with E-state index in [-0.39, 0.29) is 44.6 Å². The Bertz CT molecular complexity index is 1350. The van der Waals surface area contributed by atoms with Crippen molar-refractivity contribution in [3.63, 3.8) is 0 Å². The van der Waals surface area contributed by atoms with Crippen molar-refractivity contribution >= 4 is 22.7 Å². The SMILES string of the molecule is CN(C)CCNC(=O)CN1CCN(C(=O)c2cc(C(F)(F)F)cc(C(F)(F)F)c2)C(Cc2c[nH]c3ccccc23)C1. The van der Waals surface area contributed by atoms with Crippen molar-refractivity contribution in [2.45, 2.75) is 24.8 Å². The van der Waals surface area contributed by atoms with Gasteiger partial charge in [-0.3, -0.25) is 14.5 Å². The van der Waals surface area contributed by atoms with E-state index in [1.54, 1.807) is 6.20 Å². The van der Waals surface area contributed by atoms with Crippen LogP contribution in [0.5, 0.6) is 0 Å². The highest BCUT2D eigenvalue weighted by atomic mass is 19.4. The Morgan fingerprint density at radius 2 is 1.66 bits per heavy atom. The molecule has 0 aliphatic carbocycles. The highest BCUT2D eigenvalue weighted by Gasteiger charge is 2.39. The third-order valence-electron chi connectivity index (χ3n) is 7.04. The Hall–Kier alpha value is -3.58. The van der Waals surface area contributed by atoms with Crippen LogP contribution in [0.25, 0.3) is 10.9 Å². The molecule has 1 unspecified atom stereocenters. The third kappa shape index (κ3) is 7.59. The maximum atomic E-state index is 13.6. The number of para-hydroxylation sites is 1. The summed E-state index contributed by atoms with van der Waals surface area (Å²) in [4.78, 5) is 34.3. The minimum absolute atomic E-state index is 0.00700. The predicted octanol–water partition coefficient (Wildman–Crippen LogP) is 4.25. The summed E-state index contributed by atoms with van der Waals surface area (Å²) < 4.78 is 80.9. The van der Waals surface area contributed by atoms with E-state index in [1.807, 2.05) is 48.2 Å². The third-order valence-corrected chi connectivity index (χ3v) is 7.04. The first kappa shape index (κ1) is 30.4. The first-order valence-electron chi connectivity index (χ1n) is 13.0. The number of alkyl halides is 6. The van der Waals surface area contributed by atoms with Crippen molar-refractivity contribution < 1.29 is 35.9 Å². The molecule has 3 aromatic rings. The standard InChI is InChI=1S/C28H31F6N5O2/c1-37(2)8-7-35-25(40)17-38-9-10-39(22(16-38)13-19-15-36-24-6-4-3-5-23(19)24)26(41)18-11-20(27(29,30)31)14-21(12-18)28(32,33)34/h3-6,11-12,14-15,22,36H,7-10,13,16-17H2,1-2H3,(H,35,40). The molecule has 0 saturated carbocycles. The Morgan fingerprint density at radius 3 is 2.29 bits per heavy atom. The summed E-state index contributed by atoms with van der Waals surface area (Å²) in [5.74, 6) is -1.15. The molecule has 2 amide bonds. The minimum Gasteiger partial charge on any atom is -0.361 e. The number of H-pyrrole nitrogens is 1. The molecule has 1 aromatic heterocycles. The Labute approximate surface area is 233 Å². The first-order chi connectivity index (χ1) is 19.2. The number of fused-ring (bicyclic) bond motifs is 1. The fraction of sp³-hybridized carbons (Fsp3) is 0.429. The number of aromatic amines is 1. The zero-order valence-corrected chi connectivity index (χ0v) is 22.6. The molecule has 2 heterocycles. The van der Waals surface area contributed by atoms with Crippen LogP contribution >= 0.6 is 0 Å². The molecule has 41 heavy (non-hydrogen) atoms. The topological polar surface area (TPSA) is 71.7 Å². The number of nitrogens with zero attached hydrogens (tertiary/aromatic N) is 3. The molecular weight excluding hydrogens is 552 g/mol. The lowest BCUT2D eigenvalue weighted by Crippen LogP contribution is -2.57. The zero-order chi connectivity index (χ0) is 29.9. The summed E-state index contributed by atoms with van der Waals surface area (Å²) in [5, 5.41) is 3.71. The Morgan fingerprint density at radius 1 is 1.00 bits per heavy atom. The van der Waals surface area contributed by atoms with E-state index in [2.05, 4.69) is 10.3 Å². The minimum atomic E-state index is -5.07. The molecule has 0 spiro atoms. The summed E-state index contributed by atoms with van der Waals surface area (Å²) >= 11 is 0. The summed E-state index contributed by atoms with van der Waals surface area (Å²) in [6.45, 7) is 1.59. The van der Waals surface area contributed by atoms with Gasteiger partial charge >= 0.3 is 12.4 Å². The number of piperazine rings is 1. The van der Waals surface area contributed by atoms with E-state index in [0.717, 1.165) is 16.5 Å². The molecule has 1 saturated heterocycles. The van der Waals surface area contributed by atoms with Gasteiger partial charge in [-0.1, -0.05) is 18.2 Å². The van der Waals surface area contributed by atoms with Crippen LogP contribution in [0.4, 0.5) is 26.3 Å². The normalized spacial score (nSPS) is 16.9. The number of amides is 2. The van der Waals surface area contributed by atoms with Gasteiger partial charge in [-0.15, -0.1) is 0 Å². The fourth-order valence-corrected chi connectivity index (χ4v) is 4.98. The van der Waals surface area contributed by atoms with Crippen LogP contribution in [-0.2, 0) is 23.6 Å². The highest BCUT2D eigenvalue weighted by molar-refractivity contribution is 5.95. The van der Waals surface area contributed by atoms with E-state index in [9.17, 15) is 35.9 Å². The van der Waals surface area contributed by atoms with Crippen LogP contribution in [0.3, 0.4) is 0 Å². The molecule has 1 aliphatic rings. The zero-order valence-electron chi connectivity index (χ0n) is 22.6. The number of hydrogen-bond acceptors (Lipinski definition) is 4. The van der Waals surface area contributed by atoms with Gasteiger partial charge in [0.2, 0.25) is 5.91 Å². The van der Waals surface area contributed by atoms with E-state index >= 15 is 0 Å². The molecule has 222 valence electrons. The van der Waals surface area contributed by atoms with Crippen LogP contribution in [0.1, 0.15) is 27.0 Å². The molecule has 1 aliphatic heterocycles. The lowest BCUT2D eigenvalue weighted by atomic mass is 9.98. The molecule has 13 heteroatoms. The average molecular weight is 584 g/mol. The van der Waals surface area contributed by atoms with Crippen molar-refractivity contribution in [2.24, 2.45) is 0 Å². The second kappa shape index (κ2) is 12.1. The van der Waals surface area contributed by atoms with Crippen LogP contribution in [-0.4, -0.2) is 90.9 Å². The molecule has 2 aromatic carbocycles. The van der Waals surface area contributed by atoms with E-state index in [1.165, 1.54) is 4.90 Å². The Balaban J connectivity index is 1.62. The van der Waals surface area contributed by atoms with Gasteiger partial charge in [0, 0.05) is 61.4 Å². The molecule has 7 nitrogen and oxygen atoms in total. The molecule has 2 N–H and O–H groups in total. The van der Waals surface area contributed by atoms with Crippen molar-refractivity contribution in [2.75, 3.05) is 53.4 Å². The number of likely N-dealkylation sites (N-methyl/N-ethyl adjacent to an activating group) is 1. The van der Waals surface area contributed by atoms with Gasteiger partial charge in [-0.25, -0.2) is 0 Å². The van der Waals surface area contributed by atoms with Gasteiger partial charge < -0.3 is 20.1 Å². The molecule has 0 bridgehead atoms. The molecule has 1 atom stereocenters. The van der Waals surface area contributed by atoms with Gasteiger partial charge in [0.1, 0.15) is 0 Å². The van der Waals surface area contributed by atoms with Gasteiger partial charge in [0.05, 0.1) is 17.7 Å². The molecular formula is C28H31F6N5O2. The second-order valence-electron chi connectivity index (χ2n) is 10.4. The fourth-order valence-electron chi connectivity index (χ4n) is 4.98. The number of nitrogens with one attached hydrogen (secondary N) is 2. The lowest BCUT2D eigenvalue weighted by molar-refractivity contribution is -0.143. The number of carbonyl (C=O) groups is 2. The van der Waals surface area contributed by atoms with Gasteiger partial charge in [0.25, 0.3) is 5.91 Å². The number of aromatic nitrogens is 1. The molecule has 0 radical (unpaired) electrons. The summed E-state index contributed by atoms with van der Waals surface area (Å²) in [7, 11) is 3.75. The van der Waals surface area contributed by atoms with E-state index in [4.69, 9.17) is 0 Å². The van der Waals surface area contributed by atoms with E-state index < -0.39 is 41.0 Å². The number of benzene rings is 2. The maximum absolute atomic E-state index is 13.6. The number of halogens is 6. The average Bonchev–Trinajstić information content (AvgIpc) is 3.30. The van der Waals surface area contributed by atoms with Crippen LogP contribution in [0, 0.1) is 0 Å². The van der Waals surface area contributed by atoms with Gasteiger partial charge in [-0.2, -0.15) is 26.3 Å². The smallest absolute Gasteiger partial charge is 0.361 e. The maximum Gasteiger partial charge on any atom is 0.416 e. The predicted molar refractivity (Wildman–Crippen MR) is 141 cm³/mol. The Kier molecular flexibility index (Phi) is 8.97. The van der Waals surface area contributed by atoms with Crippen molar-refractivity contribution in [1.82, 2.24) is 25.0 Å². The number of rotatable bonds is 8. The van der Waals surface area contributed by atoms with Gasteiger partial charge in [-0.05, 0) is 50.3 Å². The largest absolute Gasteiger partial charge is 0.416 e. The lowest BCUT2D eigenvalue weighted by Gasteiger charge is -2.41. The van der Waals surface area contributed by atoms with Crippen molar-refractivity contribution in [1.29, 1.82) is 0 Å².